The molecule has 10 heteroatoms. The average Bonchev–Trinajstić information content (AvgIpc) is 3.21. The first-order chi connectivity index (χ1) is 11.2. The number of fused-ring (bicyclic) bond motifs is 1. The Balaban J connectivity index is 1.62. The van der Waals surface area contributed by atoms with E-state index in [0.717, 1.165) is 0 Å². The molecule has 0 aliphatic rings. The number of hydrogen-bond acceptors (Lipinski definition) is 9. The van der Waals surface area contributed by atoms with Gasteiger partial charge >= 0.3 is 5.69 Å². The number of anilines is 1. The number of thiophene rings is 1. The standard InChI is InChI=1S/C13H10N4O4S2/c18-13(10-2-1-6-22-10)23-7-5-14-8-3-4-9(17(19)20)12-11(8)15-21-16-12/h1-4,6,14H,5,7H2. The molecule has 3 aromatic rings. The van der Waals surface area contributed by atoms with Crippen LogP contribution in [0, 0.1) is 10.1 Å². The zero-order valence-corrected chi connectivity index (χ0v) is 13.2. The molecule has 2 aromatic heterocycles. The number of nitrogens with one attached hydrogen (secondary N) is 1. The molecule has 0 fully saturated rings. The highest BCUT2D eigenvalue weighted by Crippen LogP contribution is 2.28. The average molecular weight is 350 g/mol. The number of aromatic nitrogens is 2. The van der Waals surface area contributed by atoms with Crippen molar-refractivity contribution in [3.63, 3.8) is 0 Å². The van der Waals surface area contributed by atoms with Crippen molar-refractivity contribution in [2.75, 3.05) is 17.6 Å². The summed E-state index contributed by atoms with van der Waals surface area (Å²) in [6, 6.07) is 6.52. The number of nitro groups is 1. The lowest BCUT2D eigenvalue weighted by atomic mass is 10.2. The number of benzene rings is 1. The van der Waals surface area contributed by atoms with Gasteiger partial charge in [-0.3, -0.25) is 14.9 Å². The number of nitro benzene ring substituents is 1. The zero-order valence-electron chi connectivity index (χ0n) is 11.6. The molecule has 0 aliphatic carbocycles. The Kier molecular flexibility index (Phi) is 4.53. The van der Waals surface area contributed by atoms with Gasteiger partial charge in [-0.05, 0) is 27.8 Å². The molecule has 0 saturated carbocycles. The van der Waals surface area contributed by atoms with Gasteiger partial charge < -0.3 is 5.32 Å². The van der Waals surface area contributed by atoms with E-state index in [-0.39, 0.29) is 16.3 Å². The highest BCUT2D eigenvalue weighted by Gasteiger charge is 2.19. The Bertz CT molecular complexity index is 847. The van der Waals surface area contributed by atoms with Crippen molar-refractivity contribution in [3.05, 3.63) is 44.6 Å². The fourth-order valence-electron chi connectivity index (χ4n) is 1.94. The molecular weight excluding hydrogens is 340 g/mol. The summed E-state index contributed by atoms with van der Waals surface area (Å²) < 4.78 is 4.59. The minimum absolute atomic E-state index is 0.0266. The fourth-order valence-corrected chi connectivity index (χ4v) is 3.42. The summed E-state index contributed by atoms with van der Waals surface area (Å²) in [4.78, 5) is 22.9. The van der Waals surface area contributed by atoms with Crippen LogP contribution in [0.5, 0.6) is 0 Å². The predicted octanol–water partition coefficient (Wildman–Crippen LogP) is 3.18. The van der Waals surface area contributed by atoms with E-state index in [0.29, 0.717) is 28.4 Å². The molecule has 2 heterocycles. The van der Waals surface area contributed by atoms with E-state index in [9.17, 15) is 14.9 Å². The van der Waals surface area contributed by atoms with E-state index in [4.69, 9.17) is 0 Å². The first-order valence-corrected chi connectivity index (χ1v) is 8.37. The van der Waals surface area contributed by atoms with Crippen LogP contribution in [0.3, 0.4) is 0 Å². The maximum Gasteiger partial charge on any atom is 0.300 e. The predicted molar refractivity (Wildman–Crippen MR) is 88.1 cm³/mol. The van der Waals surface area contributed by atoms with Gasteiger partial charge in [-0.15, -0.1) is 11.3 Å². The van der Waals surface area contributed by atoms with E-state index in [1.165, 1.54) is 29.2 Å². The van der Waals surface area contributed by atoms with Crippen molar-refractivity contribution in [1.82, 2.24) is 10.3 Å². The molecule has 23 heavy (non-hydrogen) atoms. The molecule has 1 aromatic carbocycles. The lowest BCUT2D eigenvalue weighted by Gasteiger charge is -2.05. The summed E-state index contributed by atoms with van der Waals surface area (Å²) in [7, 11) is 0. The number of carbonyl (C=O) groups is 1. The fraction of sp³-hybridized carbons (Fsp3) is 0.154. The van der Waals surface area contributed by atoms with Gasteiger partial charge in [0.2, 0.25) is 10.6 Å². The Labute approximate surface area is 138 Å². The van der Waals surface area contributed by atoms with Crippen LogP contribution in [-0.4, -0.2) is 32.6 Å². The molecule has 0 aliphatic heterocycles. The number of carbonyl (C=O) groups excluding carboxylic acids is 1. The van der Waals surface area contributed by atoms with E-state index in [2.05, 4.69) is 20.3 Å². The molecule has 0 atom stereocenters. The van der Waals surface area contributed by atoms with Crippen LogP contribution in [0.1, 0.15) is 9.67 Å². The molecule has 8 nitrogen and oxygen atoms in total. The third-order valence-corrected chi connectivity index (χ3v) is 4.85. The summed E-state index contributed by atoms with van der Waals surface area (Å²) >= 11 is 2.62. The quantitative estimate of drug-likeness (QED) is 0.410. The normalized spacial score (nSPS) is 10.8. The monoisotopic (exact) mass is 350 g/mol. The Morgan fingerprint density at radius 2 is 2.17 bits per heavy atom. The molecule has 0 amide bonds. The van der Waals surface area contributed by atoms with Crippen LogP contribution in [-0.2, 0) is 0 Å². The molecular formula is C13H10N4O4S2. The second-order valence-electron chi connectivity index (χ2n) is 4.39. The molecule has 1 N–H and O–H groups in total. The smallest absolute Gasteiger partial charge is 0.300 e. The van der Waals surface area contributed by atoms with Gasteiger partial charge in [0.1, 0.15) is 0 Å². The van der Waals surface area contributed by atoms with E-state index < -0.39 is 4.92 Å². The minimum atomic E-state index is -0.536. The number of rotatable bonds is 6. The summed E-state index contributed by atoms with van der Waals surface area (Å²) in [5.74, 6) is 0.556. The van der Waals surface area contributed by atoms with E-state index in [1.54, 1.807) is 12.1 Å². The van der Waals surface area contributed by atoms with Gasteiger partial charge in [0, 0.05) is 18.4 Å². The van der Waals surface area contributed by atoms with Crippen molar-refractivity contribution >= 4 is 50.6 Å². The molecule has 118 valence electrons. The van der Waals surface area contributed by atoms with Crippen molar-refractivity contribution < 1.29 is 14.3 Å². The van der Waals surface area contributed by atoms with Crippen LogP contribution in [0.2, 0.25) is 0 Å². The molecule has 0 spiro atoms. The minimum Gasteiger partial charge on any atom is -0.382 e. The lowest BCUT2D eigenvalue weighted by Crippen LogP contribution is -2.06. The number of hydrogen-bond donors (Lipinski definition) is 1. The molecule has 0 unspecified atom stereocenters. The largest absolute Gasteiger partial charge is 0.382 e. The van der Waals surface area contributed by atoms with Gasteiger partial charge in [-0.1, -0.05) is 17.8 Å². The van der Waals surface area contributed by atoms with Gasteiger partial charge in [0.05, 0.1) is 15.5 Å². The Hall–Kier alpha value is -2.46. The van der Waals surface area contributed by atoms with Crippen LogP contribution < -0.4 is 5.32 Å². The highest BCUT2D eigenvalue weighted by atomic mass is 32.2. The number of thioether (sulfide) groups is 1. The van der Waals surface area contributed by atoms with Crippen LogP contribution in [0.25, 0.3) is 11.0 Å². The second-order valence-corrected chi connectivity index (χ2v) is 6.41. The van der Waals surface area contributed by atoms with Crippen molar-refractivity contribution in [1.29, 1.82) is 0 Å². The van der Waals surface area contributed by atoms with Crippen molar-refractivity contribution in [3.8, 4) is 0 Å². The first kappa shape index (κ1) is 15.4. The molecule has 0 bridgehead atoms. The number of nitrogens with zero attached hydrogens (tertiary/aromatic N) is 3. The summed E-state index contributed by atoms with van der Waals surface area (Å²) in [5, 5.41) is 23.1. The lowest BCUT2D eigenvalue weighted by molar-refractivity contribution is -0.383. The van der Waals surface area contributed by atoms with Gasteiger partial charge in [0.15, 0.2) is 5.52 Å². The third-order valence-electron chi connectivity index (χ3n) is 2.96. The van der Waals surface area contributed by atoms with Crippen molar-refractivity contribution in [2.45, 2.75) is 0 Å². The number of non-ortho nitro benzene ring substituents is 1. The third kappa shape index (κ3) is 3.32. The van der Waals surface area contributed by atoms with E-state index >= 15 is 0 Å². The molecule has 0 radical (unpaired) electrons. The van der Waals surface area contributed by atoms with Crippen LogP contribution in [0.15, 0.2) is 34.3 Å². The maximum atomic E-state index is 11.8. The van der Waals surface area contributed by atoms with Gasteiger partial charge in [0.25, 0.3) is 0 Å². The van der Waals surface area contributed by atoms with Crippen molar-refractivity contribution in [2.24, 2.45) is 0 Å². The summed E-state index contributed by atoms with van der Waals surface area (Å²) in [5.41, 5.74) is 0.821. The topological polar surface area (TPSA) is 111 Å². The first-order valence-electron chi connectivity index (χ1n) is 6.51. The maximum absolute atomic E-state index is 11.8. The highest BCUT2D eigenvalue weighted by molar-refractivity contribution is 8.14. The summed E-state index contributed by atoms with van der Waals surface area (Å²) in [6.45, 7) is 0.502. The molecule has 0 saturated heterocycles. The Morgan fingerprint density at radius 1 is 1.35 bits per heavy atom. The van der Waals surface area contributed by atoms with Crippen LogP contribution >= 0.6 is 23.1 Å². The Morgan fingerprint density at radius 3 is 2.91 bits per heavy atom. The zero-order chi connectivity index (χ0) is 16.2. The molecule has 3 rings (SSSR count). The SMILES string of the molecule is O=C(SCCNc1ccc([N+](=O)[O-])c2nonc12)c1cccs1. The summed E-state index contributed by atoms with van der Waals surface area (Å²) in [6.07, 6.45) is 0. The second kappa shape index (κ2) is 6.75. The van der Waals surface area contributed by atoms with Crippen LogP contribution in [0.4, 0.5) is 11.4 Å². The van der Waals surface area contributed by atoms with E-state index in [1.807, 2.05) is 11.4 Å². The van der Waals surface area contributed by atoms with Gasteiger partial charge in [-0.25, -0.2) is 4.63 Å². The van der Waals surface area contributed by atoms with Gasteiger partial charge in [-0.2, -0.15) is 0 Å².